The Hall–Kier alpha value is -0.570. The van der Waals surface area contributed by atoms with Gasteiger partial charge in [0, 0.05) is 12.1 Å². The first-order valence-corrected chi connectivity index (χ1v) is 5.23. The maximum atomic E-state index is 11.0. The van der Waals surface area contributed by atoms with Gasteiger partial charge in [-0.25, -0.2) is 0 Å². The molecule has 4 rings (SSSR count). The van der Waals surface area contributed by atoms with Crippen LogP contribution in [0.5, 0.6) is 0 Å². The number of rotatable bonds is 1. The van der Waals surface area contributed by atoms with E-state index in [0.29, 0.717) is 12.0 Å². The smallest absolute Gasteiger partial charge is 0.308 e. The first-order valence-electron chi connectivity index (χ1n) is 5.23. The van der Waals surface area contributed by atoms with Gasteiger partial charge in [0.05, 0.1) is 5.92 Å². The molecule has 5 unspecified atom stereocenters. The van der Waals surface area contributed by atoms with Crippen molar-refractivity contribution >= 4 is 5.97 Å². The van der Waals surface area contributed by atoms with Gasteiger partial charge in [0.25, 0.3) is 0 Å². The number of carbonyl (C=O) groups is 1. The molecular weight excluding hydrogens is 166 g/mol. The van der Waals surface area contributed by atoms with Crippen LogP contribution in [-0.2, 0) is 4.79 Å². The van der Waals surface area contributed by atoms with E-state index in [-0.39, 0.29) is 12.0 Å². The van der Waals surface area contributed by atoms with E-state index >= 15 is 0 Å². The number of carboxylic acid groups (broad SMARTS) is 1. The molecule has 4 aliphatic rings. The summed E-state index contributed by atoms with van der Waals surface area (Å²) in [5.74, 6) is 0.626. The van der Waals surface area contributed by atoms with Gasteiger partial charge < -0.3 is 10.4 Å². The Labute approximate surface area is 77.5 Å². The Balaban J connectivity index is 1.89. The minimum atomic E-state index is -0.582. The van der Waals surface area contributed by atoms with Gasteiger partial charge in [-0.05, 0) is 37.5 Å². The summed E-state index contributed by atoms with van der Waals surface area (Å²) in [6.07, 6.45) is 4.67. The zero-order valence-corrected chi connectivity index (χ0v) is 7.57. The summed E-state index contributed by atoms with van der Waals surface area (Å²) >= 11 is 0. The molecule has 2 saturated heterocycles. The molecule has 2 saturated carbocycles. The molecule has 0 spiro atoms. The van der Waals surface area contributed by atoms with E-state index in [1.165, 1.54) is 12.8 Å². The summed E-state index contributed by atoms with van der Waals surface area (Å²) < 4.78 is 0. The molecule has 5 atom stereocenters. The van der Waals surface area contributed by atoms with Crippen molar-refractivity contribution in [3.05, 3.63) is 0 Å². The Morgan fingerprint density at radius 1 is 1.23 bits per heavy atom. The van der Waals surface area contributed by atoms with Crippen LogP contribution in [-0.4, -0.2) is 23.2 Å². The quantitative estimate of drug-likeness (QED) is 0.630. The van der Waals surface area contributed by atoms with E-state index in [1.807, 2.05) is 0 Å². The molecule has 0 radical (unpaired) electrons. The summed E-state index contributed by atoms with van der Waals surface area (Å²) in [4.78, 5) is 11.0. The van der Waals surface area contributed by atoms with Gasteiger partial charge in [0.1, 0.15) is 0 Å². The fourth-order valence-corrected chi connectivity index (χ4v) is 3.79. The minimum Gasteiger partial charge on any atom is -0.481 e. The maximum absolute atomic E-state index is 11.0. The van der Waals surface area contributed by atoms with E-state index in [1.54, 1.807) is 0 Å². The van der Waals surface area contributed by atoms with Gasteiger partial charge >= 0.3 is 5.97 Å². The van der Waals surface area contributed by atoms with Crippen molar-refractivity contribution in [2.75, 3.05) is 0 Å². The highest BCUT2D eigenvalue weighted by molar-refractivity contribution is 5.72. The molecule has 4 fully saturated rings. The largest absolute Gasteiger partial charge is 0.481 e. The normalized spacial score (nSPS) is 52.5. The van der Waals surface area contributed by atoms with Crippen molar-refractivity contribution in [2.45, 2.75) is 37.8 Å². The molecule has 0 amide bonds. The van der Waals surface area contributed by atoms with Gasteiger partial charge in [-0.2, -0.15) is 0 Å². The lowest BCUT2D eigenvalue weighted by atomic mass is 9.60. The molecule has 13 heavy (non-hydrogen) atoms. The van der Waals surface area contributed by atoms with Crippen LogP contribution >= 0.6 is 0 Å². The van der Waals surface area contributed by atoms with Gasteiger partial charge in [0.15, 0.2) is 0 Å². The van der Waals surface area contributed by atoms with Crippen LogP contribution in [0.25, 0.3) is 0 Å². The summed E-state index contributed by atoms with van der Waals surface area (Å²) in [6, 6.07) is 0.923. The third-order valence-corrected chi connectivity index (χ3v) is 4.10. The van der Waals surface area contributed by atoms with E-state index < -0.39 is 5.97 Å². The summed E-state index contributed by atoms with van der Waals surface area (Å²) in [6.45, 7) is 0. The lowest BCUT2D eigenvalue weighted by Gasteiger charge is -2.53. The molecule has 2 heterocycles. The molecule has 0 aromatic heterocycles. The van der Waals surface area contributed by atoms with E-state index in [0.717, 1.165) is 18.8 Å². The topological polar surface area (TPSA) is 49.3 Å². The highest BCUT2D eigenvalue weighted by Gasteiger charge is 2.50. The van der Waals surface area contributed by atoms with Crippen LogP contribution in [0.3, 0.4) is 0 Å². The lowest BCUT2D eigenvalue weighted by Crippen LogP contribution is -2.62. The molecule has 3 heteroatoms. The monoisotopic (exact) mass is 181 g/mol. The lowest BCUT2D eigenvalue weighted by molar-refractivity contribution is -0.151. The Morgan fingerprint density at radius 3 is 2.69 bits per heavy atom. The van der Waals surface area contributed by atoms with Crippen molar-refractivity contribution in [3.63, 3.8) is 0 Å². The summed E-state index contributed by atoms with van der Waals surface area (Å²) in [5, 5.41) is 12.6. The number of hydrogen-bond acceptors (Lipinski definition) is 2. The number of piperidine rings is 2. The molecule has 3 nitrogen and oxygen atoms in total. The highest BCUT2D eigenvalue weighted by atomic mass is 16.4. The number of hydrogen-bond donors (Lipinski definition) is 2. The summed E-state index contributed by atoms with van der Waals surface area (Å²) in [7, 11) is 0. The Bertz CT molecular complexity index is 223. The minimum absolute atomic E-state index is 0.0900. The van der Waals surface area contributed by atoms with Crippen molar-refractivity contribution in [3.8, 4) is 0 Å². The second kappa shape index (κ2) is 2.47. The maximum Gasteiger partial charge on any atom is 0.308 e. The number of nitrogens with one attached hydrogen (secondary N) is 1. The SMILES string of the molecule is O=C(O)C1C2CC3CC(C2)NC1C3. The second-order valence-corrected chi connectivity index (χ2v) is 4.90. The second-order valence-electron chi connectivity index (χ2n) is 4.90. The fourth-order valence-electron chi connectivity index (χ4n) is 3.79. The zero-order chi connectivity index (χ0) is 9.00. The highest BCUT2D eigenvalue weighted by Crippen LogP contribution is 2.47. The van der Waals surface area contributed by atoms with Gasteiger partial charge in [-0.1, -0.05) is 0 Å². The molecule has 0 aromatic rings. The van der Waals surface area contributed by atoms with Crippen LogP contribution < -0.4 is 5.32 Å². The first kappa shape index (κ1) is 7.80. The molecule has 4 bridgehead atoms. The summed E-state index contributed by atoms with van der Waals surface area (Å²) in [5.41, 5.74) is 0. The van der Waals surface area contributed by atoms with E-state index in [4.69, 9.17) is 5.11 Å². The van der Waals surface area contributed by atoms with E-state index in [2.05, 4.69) is 5.32 Å². The van der Waals surface area contributed by atoms with Crippen molar-refractivity contribution in [2.24, 2.45) is 17.8 Å². The van der Waals surface area contributed by atoms with Crippen LogP contribution in [0.1, 0.15) is 25.7 Å². The van der Waals surface area contributed by atoms with Gasteiger partial charge in [-0.3, -0.25) is 4.79 Å². The third-order valence-electron chi connectivity index (χ3n) is 4.10. The van der Waals surface area contributed by atoms with Crippen molar-refractivity contribution in [1.29, 1.82) is 0 Å². The van der Waals surface area contributed by atoms with Crippen LogP contribution in [0, 0.1) is 17.8 Å². The predicted molar refractivity (Wildman–Crippen MR) is 47.3 cm³/mol. The molecule has 0 aromatic carbocycles. The van der Waals surface area contributed by atoms with E-state index in [9.17, 15) is 4.79 Å². The molecule has 2 N–H and O–H groups in total. The standard InChI is InChI=1S/C10H15NO2/c12-10(13)9-6-1-5-2-7(4-6)11-8(9)3-5/h5-9,11H,1-4H2,(H,12,13). The number of carboxylic acids is 1. The van der Waals surface area contributed by atoms with Gasteiger partial charge in [-0.15, -0.1) is 0 Å². The van der Waals surface area contributed by atoms with Gasteiger partial charge in [0.2, 0.25) is 0 Å². The average Bonchev–Trinajstić information content (AvgIpc) is 2.00. The molecule has 2 aliphatic heterocycles. The Morgan fingerprint density at radius 2 is 2.08 bits per heavy atom. The zero-order valence-electron chi connectivity index (χ0n) is 7.57. The van der Waals surface area contributed by atoms with Crippen molar-refractivity contribution in [1.82, 2.24) is 5.32 Å². The fraction of sp³-hybridized carbons (Fsp3) is 0.900. The predicted octanol–water partition coefficient (Wildman–Crippen LogP) is 0.848. The average molecular weight is 181 g/mol. The third kappa shape index (κ3) is 1.03. The molecule has 72 valence electrons. The Kier molecular flexibility index (Phi) is 1.48. The van der Waals surface area contributed by atoms with Crippen LogP contribution in [0.4, 0.5) is 0 Å². The number of aliphatic carboxylic acids is 1. The first-order chi connectivity index (χ1) is 6.24. The molecular formula is C10H15NO2. The van der Waals surface area contributed by atoms with Crippen LogP contribution in [0.15, 0.2) is 0 Å². The van der Waals surface area contributed by atoms with Crippen LogP contribution in [0.2, 0.25) is 0 Å². The molecule has 2 aliphatic carbocycles. The van der Waals surface area contributed by atoms with Crippen molar-refractivity contribution < 1.29 is 9.90 Å².